The van der Waals surface area contributed by atoms with Gasteiger partial charge in [0.25, 0.3) is 0 Å². The number of hydrogen-bond acceptors (Lipinski definition) is 4. The Labute approximate surface area is 108 Å². The number of rotatable bonds is 3. The maximum atomic E-state index is 5.31. The first-order chi connectivity index (χ1) is 8.86. The van der Waals surface area contributed by atoms with Crippen molar-refractivity contribution in [3.05, 3.63) is 17.6 Å². The van der Waals surface area contributed by atoms with E-state index in [1.54, 1.807) is 13.4 Å². The van der Waals surface area contributed by atoms with Crippen molar-refractivity contribution in [3.63, 3.8) is 0 Å². The first-order valence-corrected chi connectivity index (χ1v) is 6.99. The van der Waals surface area contributed by atoms with Gasteiger partial charge in [0.15, 0.2) is 0 Å². The zero-order valence-corrected chi connectivity index (χ0v) is 11.0. The second kappa shape index (κ2) is 5.22. The summed E-state index contributed by atoms with van der Waals surface area (Å²) in [6.45, 7) is 0. The minimum Gasteiger partial charge on any atom is -0.381 e. The topological polar surface area (TPSA) is 47.0 Å². The lowest BCUT2D eigenvalue weighted by Crippen LogP contribution is -2.40. The zero-order chi connectivity index (χ0) is 12.4. The molecule has 1 fully saturated rings. The Morgan fingerprint density at radius 3 is 2.83 bits per heavy atom. The van der Waals surface area contributed by atoms with Crippen LogP contribution in [0.4, 0.5) is 5.82 Å². The van der Waals surface area contributed by atoms with Gasteiger partial charge >= 0.3 is 0 Å². The van der Waals surface area contributed by atoms with Crippen molar-refractivity contribution in [1.82, 2.24) is 9.97 Å². The minimum atomic E-state index is 0.433. The Morgan fingerprint density at radius 2 is 2.00 bits per heavy atom. The molecule has 1 saturated carbocycles. The van der Waals surface area contributed by atoms with Crippen LogP contribution in [-0.4, -0.2) is 29.2 Å². The summed E-state index contributed by atoms with van der Waals surface area (Å²) in [6.07, 6.45) is 10.4. The molecule has 0 aliphatic heterocycles. The second-order valence-corrected chi connectivity index (χ2v) is 5.38. The van der Waals surface area contributed by atoms with Gasteiger partial charge in [-0.15, -0.1) is 0 Å². The van der Waals surface area contributed by atoms with E-state index in [2.05, 4.69) is 15.3 Å². The Balaban J connectivity index is 1.72. The third kappa shape index (κ3) is 2.34. The molecule has 1 heterocycles. The van der Waals surface area contributed by atoms with Gasteiger partial charge in [0.2, 0.25) is 0 Å². The fourth-order valence-electron chi connectivity index (χ4n) is 2.89. The van der Waals surface area contributed by atoms with Gasteiger partial charge in [0.05, 0.1) is 6.10 Å². The fourth-order valence-corrected chi connectivity index (χ4v) is 2.89. The number of aryl methyl sites for hydroxylation is 1. The third-order valence-electron chi connectivity index (χ3n) is 4.14. The van der Waals surface area contributed by atoms with E-state index in [9.17, 15) is 0 Å². The summed E-state index contributed by atoms with van der Waals surface area (Å²) in [5, 5.41) is 3.57. The van der Waals surface area contributed by atoms with Crippen LogP contribution < -0.4 is 5.32 Å². The van der Waals surface area contributed by atoms with Gasteiger partial charge in [-0.1, -0.05) is 6.42 Å². The largest absolute Gasteiger partial charge is 0.381 e. The molecule has 2 aliphatic carbocycles. The molecule has 1 N–H and O–H groups in total. The first-order valence-electron chi connectivity index (χ1n) is 6.99. The molecule has 1 aromatic rings. The van der Waals surface area contributed by atoms with Crippen molar-refractivity contribution in [1.29, 1.82) is 0 Å². The molecule has 0 unspecified atom stereocenters. The summed E-state index contributed by atoms with van der Waals surface area (Å²) >= 11 is 0. The van der Waals surface area contributed by atoms with Gasteiger partial charge in [0.1, 0.15) is 12.1 Å². The lowest BCUT2D eigenvalue weighted by molar-refractivity contribution is 0.0327. The van der Waals surface area contributed by atoms with Crippen LogP contribution in [0.2, 0.25) is 0 Å². The van der Waals surface area contributed by atoms with Gasteiger partial charge in [-0.3, -0.25) is 0 Å². The first kappa shape index (κ1) is 11.9. The van der Waals surface area contributed by atoms with Crippen molar-refractivity contribution in [2.45, 2.75) is 57.1 Å². The Bertz CT molecular complexity index is 416. The predicted molar refractivity (Wildman–Crippen MR) is 70.7 cm³/mol. The number of fused-ring (bicyclic) bond motifs is 1. The number of methoxy groups -OCH3 is 1. The molecule has 4 nitrogen and oxygen atoms in total. The van der Waals surface area contributed by atoms with E-state index in [0.29, 0.717) is 12.1 Å². The number of anilines is 1. The molecule has 1 aromatic heterocycles. The van der Waals surface area contributed by atoms with Gasteiger partial charge in [-0.2, -0.15) is 0 Å². The molecule has 98 valence electrons. The lowest BCUT2D eigenvalue weighted by Gasteiger charge is -2.35. The molecular formula is C14H21N3O. The van der Waals surface area contributed by atoms with Crippen molar-refractivity contribution in [3.8, 4) is 0 Å². The maximum Gasteiger partial charge on any atom is 0.133 e. The summed E-state index contributed by atoms with van der Waals surface area (Å²) in [7, 11) is 1.79. The molecule has 0 radical (unpaired) electrons. The number of nitrogens with zero attached hydrogens (tertiary/aromatic N) is 2. The number of aromatic nitrogens is 2. The standard InChI is InChI=1S/C14H21N3O/c1-18-11-7-10(8-11)17-14-12-5-3-2-4-6-13(12)15-9-16-14/h9-11H,2-8H2,1H3,(H,15,16,17). The molecule has 0 saturated heterocycles. The minimum absolute atomic E-state index is 0.433. The van der Waals surface area contributed by atoms with Crippen LogP contribution in [0.25, 0.3) is 0 Å². The van der Waals surface area contributed by atoms with E-state index < -0.39 is 0 Å². The average molecular weight is 247 g/mol. The van der Waals surface area contributed by atoms with Crippen molar-refractivity contribution in [2.24, 2.45) is 0 Å². The summed E-state index contributed by atoms with van der Waals surface area (Å²) < 4.78 is 5.31. The maximum absolute atomic E-state index is 5.31. The van der Waals surface area contributed by atoms with E-state index in [1.807, 2.05) is 0 Å². The summed E-state index contributed by atoms with van der Waals surface area (Å²) in [4.78, 5) is 8.89. The Hall–Kier alpha value is -1.16. The molecule has 3 rings (SSSR count). The summed E-state index contributed by atoms with van der Waals surface area (Å²) in [6, 6.07) is 0.525. The van der Waals surface area contributed by atoms with Gasteiger partial charge in [-0.05, 0) is 38.5 Å². The Morgan fingerprint density at radius 1 is 1.17 bits per heavy atom. The summed E-state index contributed by atoms with van der Waals surface area (Å²) in [5.74, 6) is 1.07. The van der Waals surface area contributed by atoms with Crippen LogP contribution in [0.15, 0.2) is 6.33 Å². The number of nitrogens with one attached hydrogen (secondary N) is 1. The molecule has 2 aliphatic rings. The van der Waals surface area contributed by atoms with Gasteiger partial charge < -0.3 is 10.1 Å². The van der Waals surface area contributed by atoms with Crippen molar-refractivity contribution < 1.29 is 4.74 Å². The molecule has 0 aromatic carbocycles. The second-order valence-electron chi connectivity index (χ2n) is 5.38. The van der Waals surface area contributed by atoms with Gasteiger partial charge in [-0.25, -0.2) is 9.97 Å². The Kier molecular flexibility index (Phi) is 3.46. The van der Waals surface area contributed by atoms with E-state index in [1.165, 1.54) is 30.5 Å². The van der Waals surface area contributed by atoms with Crippen LogP contribution >= 0.6 is 0 Å². The van der Waals surface area contributed by atoms with Crippen LogP contribution in [0.5, 0.6) is 0 Å². The van der Waals surface area contributed by atoms with E-state index in [0.717, 1.165) is 31.5 Å². The number of ether oxygens (including phenoxy) is 1. The highest BCUT2D eigenvalue weighted by Gasteiger charge is 2.30. The third-order valence-corrected chi connectivity index (χ3v) is 4.14. The van der Waals surface area contributed by atoms with E-state index in [-0.39, 0.29) is 0 Å². The van der Waals surface area contributed by atoms with Crippen molar-refractivity contribution >= 4 is 5.82 Å². The van der Waals surface area contributed by atoms with E-state index >= 15 is 0 Å². The highest BCUT2D eigenvalue weighted by atomic mass is 16.5. The molecule has 18 heavy (non-hydrogen) atoms. The monoisotopic (exact) mass is 247 g/mol. The lowest BCUT2D eigenvalue weighted by atomic mass is 9.89. The highest BCUT2D eigenvalue weighted by molar-refractivity contribution is 5.47. The number of hydrogen-bond donors (Lipinski definition) is 1. The molecule has 0 amide bonds. The van der Waals surface area contributed by atoms with Crippen molar-refractivity contribution in [2.75, 3.05) is 12.4 Å². The smallest absolute Gasteiger partial charge is 0.133 e. The van der Waals surface area contributed by atoms with Crippen LogP contribution in [0.1, 0.15) is 43.4 Å². The SMILES string of the molecule is COC1CC(Nc2ncnc3c2CCCCC3)C1. The van der Waals surface area contributed by atoms with E-state index in [4.69, 9.17) is 4.74 Å². The highest BCUT2D eigenvalue weighted by Crippen LogP contribution is 2.29. The molecule has 0 atom stereocenters. The quantitative estimate of drug-likeness (QED) is 0.833. The zero-order valence-electron chi connectivity index (χ0n) is 11.0. The normalized spacial score (nSPS) is 26.9. The molecule has 0 spiro atoms. The average Bonchev–Trinajstić information content (AvgIpc) is 2.58. The molecule has 0 bridgehead atoms. The van der Waals surface area contributed by atoms with Gasteiger partial charge in [0, 0.05) is 24.4 Å². The summed E-state index contributed by atoms with van der Waals surface area (Å²) in [5.41, 5.74) is 2.61. The molecular weight excluding hydrogens is 226 g/mol. The van der Waals surface area contributed by atoms with Crippen LogP contribution in [0, 0.1) is 0 Å². The van der Waals surface area contributed by atoms with Crippen LogP contribution in [-0.2, 0) is 17.6 Å². The fraction of sp³-hybridized carbons (Fsp3) is 0.714. The predicted octanol–water partition coefficient (Wildman–Crippen LogP) is 2.33. The molecule has 4 heteroatoms. The van der Waals surface area contributed by atoms with Crippen LogP contribution in [0.3, 0.4) is 0 Å².